The van der Waals surface area contributed by atoms with Gasteiger partial charge in [0.2, 0.25) is 0 Å². The van der Waals surface area contributed by atoms with Crippen LogP contribution in [-0.2, 0) is 0 Å². The van der Waals surface area contributed by atoms with Gasteiger partial charge in [-0.05, 0) is 18.2 Å². The normalized spacial score (nSPS) is 9.54. The third kappa shape index (κ3) is 4.51. The minimum absolute atomic E-state index is 0.0582. The molecule has 124 valence electrons. The lowest BCUT2D eigenvalue weighted by Crippen LogP contribution is -2.23. The molecule has 0 unspecified atom stereocenters. The van der Waals surface area contributed by atoms with E-state index in [0.717, 1.165) is 6.07 Å². The van der Waals surface area contributed by atoms with Crippen molar-refractivity contribution < 1.29 is 23.6 Å². The van der Waals surface area contributed by atoms with Gasteiger partial charge in [-0.3, -0.25) is 14.9 Å². The number of nitro groups is 1. The van der Waals surface area contributed by atoms with Crippen LogP contribution in [0, 0.1) is 22.0 Å². The maximum atomic E-state index is 11.7. The fourth-order valence-electron chi connectivity index (χ4n) is 1.72. The van der Waals surface area contributed by atoms with Crippen molar-refractivity contribution in [1.29, 1.82) is 0 Å². The Kier molecular flexibility index (Phi) is 5.80. The van der Waals surface area contributed by atoms with Crippen LogP contribution in [0.2, 0.25) is 0 Å². The first kappa shape index (κ1) is 16.9. The van der Waals surface area contributed by atoms with Gasteiger partial charge in [0.15, 0.2) is 17.3 Å². The number of carbonyl (C=O) groups excluding carboxylic acids is 1. The first-order valence-corrected chi connectivity index (χ1v) is 6.85. The van der Waals surface area contributed by atoms with Crippen molar-refractivity contribution in [2.45, 2.75) is 0 Å². The number of hydrogen-bond acceptors (Lipinski definition) is 6. The molecule has 1 aromatic carbocycles. The summed E-state index contributed by atoms with van der Waals surface area (Å²) in [6.07, 6.45) is 0. The SMILES string of the molecule is COc1ccccc1OCC#CCNC(=O)c1ccc([N+](=O)[O-])o1. The summed E-state index contributed by atoms with van der Waals surface area (Å²) < 4.78 is 15.3. The summed E-state index contributed by atoms with van der Waals surface area (Å²) in [5.74, 6) is 5.39. The van der Waals surface area contributed by atoms with E-state index < -0.39 is 16.7 Å². The molecule has 0 fully saturated rings. The summed E-state index contributed by atoms with van der Waals surface area (Å²) in [5.41, 5.74) is 0. The Morgan fingerprint density at radius 1 is 1.25 bits per heavy atom. The van der Waals surface area contributed by atoms with Crippen LogP contribution in [0.3, 0.4) is 0 Å². The van der Waals surface area contributed by atoms with E-state index in [9.17, 15) is 14.9 Å². The molecule has 2 aromatic rings. The zero-order valence-electron chi connectivity index (χ0n) is 12.8. The highest BCUT2D eigenvalue weighted by Gasteiger charge is 2.16. The van der Waals surface area contributed by atoms with Crippen molar-refractivity contribution in [3.05, 3.63) is 52.3 Å². The van der Waals surface area contributed by atoms with E-state index in [1.165, 1.54) is 6.07 Å². The van der Waals surface area contributed by atoms with Crippen molar-refractivity contribution in [2.75, 3.05) is 20.3 Å². The van der Waals surface area contributed by atoms with Crippen molar-refractivity contribution in [2.24, 2.45) is 0 Å². The number of nitrogens with zero attached hydrogens (tertiary/aromatic N) is 1. The van der Waals surface area contributed by atoms with Gasteiger partial charge in [-0.15, -0.1) is 0 Å². The number of para-hydroxylation sites is 2. The number of amides is 1. The molecular formula is C16H14N2O6. The number of carbonyl (C=O) groups is 1. The highest BCUT2D eigenvalue weighted by Crippen LogP contribution is 2.25. The lowest BCUT2D eigenvalue weighted by molar-refractivity contribution is -0.402. The first-order valence-electron chi connectivity index (χ1n) is 6.85. The second-order valence-corrected chi connectivity index (χ2v) is 4.37. The van der Waals surface area contributed by atoms with Crippen LogP contribution in [0.1, 0.15) is 10.6 Å². The molecule has 0 aliphatic carbocycles. The first-order chi connectivity index (χ1) is 11.6. The maximum absolute atomic E-state index is 11.7. The third-order valence-corrected chi connectivity index (χ3v) is 2.83. The molecule has 24 heavy (non-hydrogen) atoms. The topological polar surface area (TPSA) is 104 Å². The smallest absolute Gasteiger partial charge is 0.433 e. The fourth-order valence-corrected chi connectivity index (χ4v) is 1.72. The highest BCUT2D eigenvalue weighted by molar-refractivity contribution is 5.91. The minimum atomic E-state index is -0.716. The molecule has 1 heterocycles. The van der Waals surface area contributed by atoms with Gasteiger partial charge in [-0.2, -0.15) is 0 Å². The summed E-state index contributed by atoms with van der Waals surface area (Å²) in [6.45, 7) is 0.186. The van der Waals surface area contributed by atoms with Crippen LogP contribution in [0.25, 0.3) is 0 Å². The van der Waals surface area contributed by atoms with Crippen LogP contribution in [0.4, 0.5) is 5.88 Å². The standard InChI is InChI=1S/C16H14N2O6/c1-22-12-6-2-3-7-13(12)23-11-5-4-10-17-16(19)14-8-9-15(24-14)18(20)21/h2-3,6-9H,10-11H2,1H3,(H,17,19). The lowest BCUT2D eigenvalue weighted by Gasteiger charge is -2.07. The molecule has 0 saturated heterocycles. The van der Waals surface area contributed by atoms with Gasteiger partial charge in [-0.1, -0.05) is 24.0 Å². The number of methoxy groups -OCH3 is 1. The molecule has 8 nitrogen and oxygen atoms in total. The molecular weight excluding hydrogens is 316 g/mol. The average Bonchev–Trinajstić information content (AvgIpc) is 3.08. The maximum Gasteiger partial charge on any atom is 0.433 e. The molecule has 0 spiro atoms. The molecule has 0 aliphatic rings. The third-order valence-electron chi connectivity index (χ3n) is 2.83. The van der Waals surface area contributed by atoms with Crippen LogP contribution < -0.4 is 14.8 Å². The Hall–Kier alpha value is -3.47. The summed E-state index contributed by atoms with van der Waals surface area (Å²) in [6, 6.07) is 9.50. The largest absolute Gasteiger partial charge is 0.493 e. The van der Waals surface area contributed by atoms with E-state index >= 15 is 0 Å². The molecule has 0 saturated carbocycles. The van der Waals surface area contributed by atoms with Gasteiger partial charge in [0.05, 0.1) is 19.7 Å². The van der Waals surface area contributed by atoms with Gasteiger partial charge in [0, 0.05) is 0 Å². The summed E-state index contributed by atoms with van der Waals surface area (Å²) in [5, 5.41) is 12.9. The molecule has 1 N–H and O–H groups in total. The van der Waals surface area contributed by atoms with Crippen molar-refractivity contribution in [1.82, 2.24) is 5.32 Å². The number of furan rings is 1. The zero-order chi connectivity index (χ0) is 17.4. The van der Waals surface area contributed by atoms with Gasteiger partial charge in [-0.25, -0.2) is 0 Å². The fraction of sp³-hybridized carbons (Fsp3) is 0.188. The monoisotopic (exact) mass is 330 g/mol. The number of ether oxygens (including phenoxy) is 2. The molecule has 0 aliphatic heterocycles. The molecule has 1 aromatic heterocycles. The van der Waals surface area contributed by atoms with E-state index in [0.29, 0.717) is 11.5 Å². The van der Waals surface area contributed by atoms with Crippen molar-refractivity contribution in [3.63, 3.8) is 0 Å². The molecule has 2 rings (SSSR count). The molecule has 8 heteroatoms. The number of nitrogens with one attached hydrogen (secondary N) is 1. The van der Waals surface area contributed by atoms with Crippen molar-refractivity contribution >= 4 is 11.8 Å². The summed E-state index contributed by atoms with van der Waals surface area (Å²) in [7, 11) is 1.54. The van der Waals surface area contributed by atoms with Crippen molar-refractivity contribution in [3.8, 4) is 23.3 Å². The Labute approximate surface area is 137 Å². The predicted molar refractivity (Wildman–Crippen MR) is 84.0 cm³/mol. The van der Waals surface area contributed by atoms with E-state index in [-0.39, 0.29) is 18.9 Å². The zero-order valence-corrected chi connectivity index (χ0v) is 12.8. The van der Waals surface area contributed by atoms with E-state index in [4.69, 9.17) is 13.9 Å². The lowest BCUT2D eigenvalue weighted by atomic mass is 10.3. The Morgan fingerprint density at radius 3 is 2.67 bits per heavy atom. The van der Waals surface area contributed by atoms with E-state index in [2.05, 4.69) is 17.2 Å². The van der Waals surface area contributed by atoms with Gasteiger partial charge in [0.1, 0.15) is 11.5 Å². The van der Waals surface area contributed by atoms with Gasteiger partial charge < -0.3 is 19.2 Å². The Balaban J connectivity index is 1.77. The summed E-state index contributed by atoms with van der Waals surface area (Å²) in [4.78, 5) is 21.4. The average molecular weight is 330 g/mol. The second-order valence-electron chi connectivity index (χ2n) is 4.37. The van der Waals surface area contributed by atoms with E-state index in [1.54, 1.807) is 19.2 Å². The Bertz CT molecular complexity index is 787. The molecule has 0 atom stereocenters. The highest BCUT2D eigenvalue weighted by atomic mass is 16.6. The number of rotatable bonds is 6. The van der Waals surface area contributed by atoms with Crippen LogP contribution in [0.15, 0.2) is 40.8 Å². The molecule has 0 bridgehead atoms. The molecule has 1 amide bonds. The summed E-state index contributed by atoms with van der Waals surface area (Å²) >= 11 is 0. The van der Waals surface area contributed by atoms with Crippen LogP contribution in [0.5, 0.6) is 11.5 Å². The predicted octanol–water partition coefficient (Wildman–Crippen LogP) is 2.01. The number of hydrogen-bond donors (Lipinski definition) is 1. The Morgan fingerprint density at radius 2 is 2.00 bits per heavy atom. The van der Waals surface area contributed by atoms with Gasteiger partial charge >= 0.3 is 5.88 Å². The minimum Gasteiger partial charge on any atom is -0.493 e. The van der Waals surface area contributed by atoms with Gasteiger partial charge in [0.25, 0.3) is 5.91 Å². The second kappa shape index (κ2) is 8.24. The van der Waals surface area contributed by atoms with Crippen LogP contribution >= 0.6 is 0 Å². The van der Waals surface area contributed by atoms with Crippen LogP contribution in [-0.4, -0.2) is 31.1 Å². The molecule has 0 radical (unpaired) electrons. The number of benzene rings is 1. The quantitative estimate of drug-likeness (QED) is 0.493. The van der Waals surface area contributed by atoms with E-state index in [1.807, 2.05) is 12.1 Å².